The smallest absolute Gasteiger partial charge is 0.305 e. The summed E-state index contributed by atoms with van der Waals surface area (Å²) >= 11 is 0. The van der Waals surface area contributed by atoms with Gasteiger partial charge in [0, 0.05) is 24.2 Å². The van der Waals surface area contributed by atoms with Gasteiger partial charge in [-0.1, -0.05) is 51.5 Å². The molecule has 3 atom stereocenters. The van der Waals surface area contributed by atoms with Crippen molar-refractivity contribution in [1.29, 1.82) is 0 Å². The van der Waals surface area contributed by atoms with Crippen LogP contribution in [0.15, 0.2) is 24.3 Å². The summed E-state index contributed by atoms with van der Waals surface area (Å²) < 4.78 is 4.60. The van der Waals surface area contributed by atoms with E-state index in [4.69, 9.17) is 0 Å². The van der Waals surface area contributed by atoms with Crippen molar-refractivity contribution in [3.63, 3.8) is 0 Å². The molecule has 0 amide bonds. The predicted octanol–water partition coefficient (Wildman–Crippen LogP) is 3.44. The standard InChI is InChI=1S/C21H36O5/c1-5-10-18(23)14-13-17(15-22)19(21(25)16(2)3)11-8-6-7-9-12-20(24)26-4/h6,8,13-14,16-19,22-23H,5,7,9-12,15H2,1-4H3. The van der Waals surface area contributed by atoms with Crippen molar-refractivity contribution >= 4 is 11.8 Å². The Kier molecular flexibility index (Phi) is 13.9. The molecule has 5 nitrogen and oxygen atoms in total. The highest BCUT2D eigenvalue weighted by Gasteiger charge is 2.27. The van der Waals surface area contributed by atoms with Gasteiger partial charge in [0.05, 0.1) is 19.8 Å². The van der Waals surface area contributed by atoms with Crippen molar-refractivity contribution in [2.75, 3.05) is 13.7 Å². The Morgan fingerprint density at radius 1 is 1.15 bits per heavy atom. The predicted molar refractivity (Wildman–Crippen MR) is 104 cm³/mol. The first-order chi connectivity index (χ1) is 12.4. The van der Waals surface area contributed by atoms with Gasteiger partial charge >= 0.3 is 5.97 Å². The van der Waals surface area contributed by atoms with E-state index in [2.05, 4.69) is 4.74 Å². The summed E-state index contributed by atoms with van der Waals surface area (Å²) in [7, 11) is 1.38. The fourth-order valence-corrected chi connectivity index (χ4v) is 2.74. The fourth-order valence-electron chi connectivity index (χ4n) is 2.74. The fraction of sp³-hybridized carbons (Fsp3) is 0.714. The van der Waals surface area contributed by atoms with Crippen LogP contribution in [-0.2, 0) is 14.3 Å². The van der Waals surface area contributed by atoms with Gasteiger partial charge in [0.25, 0.3) is 0 Å². The van der Waals surface area contributed by atoms with Gasteiger partial charge in [-0.25, -0.2) is 0 Å². The van der Waals surface area contributed by atoms with Gasteiger partial charge in [-0.2, -0.15) is 0 Å². The summed E-state index contributed by atoms with van der Waals surface area (Å²) in [5, 5.41) is 19.6. The second-order valence-electron chi connectivity index (χ2n) is 6.93. The molecule has 0 radical (unpaired) electrons. The van der Waals surface area contributed by atoms with Crippen LogP contribution < -0.4 is 0 Å². The highest BCUT2D eigenvalue weighted by atomic mass is 16.5. The Hall–Kier alpha value is -1.46. The summed E-state index contributed by atoms with van der Waals surface area (Å²) in [5.41, 5.74) is 0. The number of ether oxygens (including phenoxy) is 1. The maximum Gasteiger partial charge on any atom is 0.305 e. The minimum absolute atomic E-state index is 0.109. The van der Waals surface area contributed by atoms with Crippen molar-refractivity contribution in [1.82, 2.24) is 0 Å². The zero-order chi connectivity index (χ0) is 19.9. The number of rotatable bonds is 14. The van der Waals surface area contributed by atoms with E-state index in [-0.39, 0.29) is 36.1 Å². The molecule has 0 spiro atoms. The van der Waals surface area contributed by atoms with E-state index in [9.17, 15) is 19.8 Å². The molecular weight excluding hydrogens is 332 g/mol. The third-order valence-corrected chi connectivity index (χ3v) is 4.36. The molecule has 0 aromatic carbocycles. The van der Waals surface area contributed by atoms with Crippen LogP contribution in [0.4, 0.5) is 0 Å². The van der Waals surface area contributed by atoms with Crippen LogP contribution in [0.1, 0.15) is 59.3 Å². The number of carbonyl (C=O) groups is 2. The van der Waals surface area contributed by atoms with Crippen LogP contribution in [0.5, 0.6) is 0 Å². The highest BCUT2D eigenvalue weighted by molar-refractivity contribution is 5.83. The molecule has 0 rings (SSSR count). The van der Waals surface area contributed by atoms with Crippen molar-refractivity contribution < 1.29 is 24.5 Å². The number of hydrogen-bond acceptors (Lipinski definition) is 5. The molecular formula is C21H36O5. The molecule has 0 aliphatic rings. The maximum absolute atomic E-state index is 12.6. The lowest BCUT2D eigenvalue weighted by Crippen LogP contribution is -2.28. The lowest BCUT2D eigenvalue weighted by atomic mass is 9.81. The number of methoxy groups -OCH3 is 1. The third kappa shape index (κ3) is 10.5. The second-order valence-corrected chi connectivity index (χ2v) is 6.93. The first kappa shape index (κ1) is 24.5. The average molecular weight is 369 g/mol. The summed E-state index contributed by atoms with van der Waals surface area (Å²) in [6.07, 6.45) is 10.7. The molecule has 150 valence electrons. The second kappa shape index (κ2) is 14.7. The molecule has 0 aromatic heterocycles. The van der Waals surface area contributed by atoms with Crippen LogP contribution in [0.2, 0.25) is 0 Å². The van der Waals surface area contributed by atoms with Crippen LogP contribution in [-0.4, -0.2) is 41.8 Å². The van der Waals surface area contributed by atoms with Gasteiger partial charge < -0.3 is 14.9 Å². The molecule has 0 fully saturated rings. The van der Waals surface area contributed by atoms with Crippen LogP contribution in [0.3, 0.4) is 0 Å². The SMILES string of the molecule is CCCC(O)C=CC(CO)C(CC=CCCCC(=O)OC)C(=O)C(C)C. The number of ketones is 1. The molecule has 0 heterocycles. The van der Waals surface area contributed by atoms with E-state index < -0.39 is 6.10 Å². The van der Waals surface area contributed by atoms with Gasteiger partial charge in [0.15, 0.2) is 0 Å². The molecule has 0 saturated heterocycles. The number of allylic oxidation sites excluding steroid dienone is 2. The Bertz CT molecular complexity index is 453. The minimum Gasteiger partial charge on any atom is -0.469 e. The van der Waals surface area contributed by atoms with Gasteiger partial charge in [-0.3, -0.25) is 9.59 Å². The lowest BCUT2D eigenvalue weighted by Gasteiger charge is -2.23. The quantitative estimate of drug-likeness (QED) is 0.279. The van der Waals surface area contributed by atoms with E-state index in [0.29, 0.717) is 25.7 Å². The average Bonchev–Trinajstić information content (AvgIpc) is 2.62. The van der Waals surface area contributed by atoms with Crippen molar-refractivity contribution in [3.8, 4) is 0 Å². The first-order valence-corrected chi connectivity index (χ1v) is 9.60. The van der Waals surface area contributed by atoms with Crippen molar-refractivity contribution in [2.24, 2.45) is 17.8 Å². The molecule has 0 saturated carbocycles. The van der Waals surface area contributed by atoms with E-state index in [1.54, 1.807) is 12.2 Å². The van der Waals surface area contributed by atoms with E-state index in [0.717, 1.165) is 12.8 Å². The Balaban J connectivity index is 4.82. The van der Waals surface area contributed by atoms with Gasteiger partial charge in [0.1, 0.15) is 5.78 Å². The van der Waals surface area contributed by atoms with Gasteiger partial charge in [0.2, 0.25) is 0 Å². The highest BCUT2D eigenvalue weighted by Crippen LogP contribution is 2.23. The van der Waals surface area contributed by atoms with E-state index in [1.807, 2.05) is 32.9 Å². The Morgan fingerprint density at radius 3 is 2.38 bits per heavy atom. The molecule has 5 heteroatoms. The van der Waals surface area contributed by atoms with Crippen LogP contribution in [0.25, 0.3) is 0 Å². The molecule has 3 unspecified atom stereocenters. The zero-order valence-electron chi connectivity index (χ0n) is 16.7. The number of hydrogen-bond donors (Lipinski definition) is 2. The number of aliphatic hydroxyl groups excluding tert-OH is 2. The maximum atomic E-state index is 12.6. The van der Waals surface area contributed by atoms with Crippen molar-refractivity contribution in [2.45, 2.75) is 65.4 Å². The van der Waals surface area contributed by atoms with Crippen LogP contribution >= 0.6 is 0 Å². The number of aliphatic hydroxyl groups is 2. The minimum atomic E-state index is -0.544. The monoisotopic (exact) mass is 368 g/mol. The molecule has 0 aromatic rings. The lowest BCUT2D eigenvalue weighted by molar-refractivity contribution is -0.140. The molecule has 0 bridgehead atoms. The topological polar surface area (TPSA) is 83.8 Å². The van der Waals surface area contributed by atoms with Crippen molar-refractivity contribution in [3.05, 3.63) is 24.3 Å². The summed E-state index contributed by atoms with van der Waals surface area (Å²) in [6.45, 7) is 5.59. The van der Waals surface area contributed by atoms with E-state index >= 15 is 0 Å². The van der Waals surface area contributed by atoms with E-state index in [1.165, 1.54) is 7.11 Å². The zero-order valence-corrected chi connectivity index (χ0v) is 16.7. The molecule has 26 heavy (non-hydrogen) atoms. The summed E-state index contributed by atoms with van der Waals surface area (Å²) in [5.74, 6) is -0.853. The first-order valence-electron chi connectivity index (χ1n) is 9.60. The Labute approximate surface area is 158 Å². The van der Waals surface area contributed by atoms with Gasteiger partial charge in [-0.05, 0) is 25.7 Å². The number of esters is 1. The van der Waals surface area contributed by atoms with Gasteiger partial charge in [-0.15, -0.1) is 0 Å². The summed E-state index contributed by atoms with van der Waals surface area (Å²) in [4.78, 5) is 23.6. The Morgan fingerprint density at radius 2 is 1.85 bits per heavy atom. The summed E-state index contributed by atoms with van der Waals surface area (Å²) in [6, 6.07) is 0. The molecule has 0 aliphatic carbocycles. The van der Waals surface area contributed by atoms with Crippen LogP contribution in [0, 0.1) is 17.8 Å². The number of unbranched alkanes of at least 4 members (excludes halogenated alkanes) is 1. The normalized spacial score (nSPS) is 15.5. The molecule has 0 aliphatic heterocycles. The third-order valence-electron chi connectivity index (χ3n) is 4.36. The number of Topliss-reactive ketones (excluding diaryl/α,β-unsaturated/α-hetero) is 1. The number of carbonyl (C=O) groups excluding carboxylic acids is 2. The largest absolute Gasteiger partial charge is 0.469 e. The molecule has 2 N–H and O–H groups in total.